The van der Waals surface area contributed by atoms with E-state index in [-0.39, 0.29) is 6.54 Å². The average Bonchev–Trinajstić information content (AvgIpc) is 2.93. The fraction of sp³-hybridized carbons (Fsp3) is 0.250. The Morgan fingerprint density at radius 2 is 1.74 bits per heavy atom. The van der Waals surface area contributed by atoms with Crippen molar-refractivity contribution in [2.45, 2.75) is 12.5 Å². The summed E-state index contributed by atoms with van der Waals surface area (Å²) >= 11 is 0. The summed E-state index contributed by atoms with van der Waals surface area (Å²) < 4.78 is 32.7. The number of rotatable bonds is 3. The van der Waals surface area contributed by atoms with E-state index in [2.05, 4.69) is 0 Å². The molecule has 1 aromatic heterocycles. The number of methoxy groups -OCH3 is 1. The fourth-order valence-corrected chi connectivity index (χ4v) is 4.65. The summed E-state index contributed by atoms with van der Waals surface area (Å²) in [5.74, 6) is -0.424. The number of hydrogen-bond donors (Lipinski definition) is 0. The number of para-hydroxylation sites is 1. The van der Waals surface area contributed by atoms with Crippen molar-refractivity contribution >= 4 is 26.8 Å². The molecule has 140 valence electrons. The van der Waals surface area contributed by atoms with Crippen molar-refractivity contribution in [1.29, 1.82) is 0 Å². The molecule has 0 saturated heterocycles. The van der Waals surface area contributed by atoms with Gasteiger partial charge in [-0.3, -0.25) is 4.79 Å². The molecule has 1 aliphatic rings. The van der Waals surface area contributed by atoms with E-state index in [1.165, 1.54) is 0 Å². The highest BCUT2D eigenvalue weighted by atomic mass is 32.2. The summed E-state index contributed by atoms with van der Waals surface area (Å²) in [5, 5.41) is 0.970. The Bertz CT molecular complexity index is 1150. The molecule has 0 fully saturated rings. The van der Waals surface area contributed by atoms with Gasteiger partial charge in [-0.2, -0.15) is 0 Å². The maximum Gasteiger partial charge on any atom is 0.248 e. The molecule has 1 aliphatic heterocycles. The zero-order valence-corrected chi connectivity index (χ0v) is 16.2. The minimum Gasteiger partial charge on any atom is -0.497 e. The van der Waals surface area contributed by atoms with Crippen molar-refractivity contribution in [1.82, 2.24) is 8.87 Å². The molecule has 1 amide bonds. The molecule has 6 nitrogen and oxygen atoms in total. The number of hydrogen-bond acceptors (Lipinski definition) is 4. The number of aryl methyl sites for hydroxylation is 1. The van der Waals surface area contributed by atoms with Crippen LogP contribution in [0.5, 0.6) is 5.75 Å². The highest BCUT2D eigenvalue weighted by Gasteiger charge is 2.41. The third-order valence-electron chi connectivity index (χ3n) is 5.20. The van der Waals surface area contributed by atoms with Gasteiger partial charge in [0.15, 0.2) is 0 Å². The van der Waals surface area contributed by atoms with Crippen LogP contribution in [0.1, 0.15) is 22.7 Å². The molecule has 2 heterocycles. The predicted octanol–water partition coefficient (Wildman–Crippen LogP) is 2.62. The summed E-state index contributed by atoms with van der Waals surface area (Å²) in [6.07, 6.45) is 1.07. The van der Waals surface area contributed by atoms with Gasteiger partial charge >= 0.3 is 0 Å². The molecular weight excluding hydrogens is 364 g/mol. The second-order valence-corrected chi connectivity index (χ2v) is 8.66. The Morgan fingerprint density at radius 3 is 2.37 bits per heavy atom. The molecule has 0 spiro atoms. The van der Waals surface area contributed by atoms with Gasteiger partial charge in [0.1, 0.15) is 5.75 Å². The number of carbonyl (C=O) groups is 1. The molecule has 27 heavy (non-hydrogen) atoms. The topological polar surface area (TPSA) is 68.6 Å². The molecule has 0 radical (unpaired) electrons. The van der Waals surface area contributed by atoms with Gasteiger partial charge in [-0.25, -0.2) is 12.7 Å². The summed E-state index contributed by atoms with van der Waals surface area (Å²) in [6, 6.07) is 15.0. The van der Waals surface area contributed by atoms with E-state index in [0.717, 1.165) is 38.3 Å². The zero-order valence-electron chi connectivity index (χ0n) is 15.3. The highest BCUT2D eigenvalue weighted by molar-refractivity contribution is 7.88. The van der Waals surface area contributed by atoms with E-state index in [0.29, 0.717) is 5.75 Å². The van der Waals surface area contributed by atoms with E-state index < -0.39 is 21.8 Å². The normalized spacial score (nSPS) is 17.2. The third-order valence-corrected chi connectivity index (χ3v) is 6.31. The van der Waals surface area contributed by atoms with Crippen molar-refractivity contribution < 1.29 is 17.9 Å². The molecule has 0 N–H and O–H groups in total. The quantitative estimate of drug-likeness (QED) is 0.696. The lowest BCUT2D eigenvalue weighted by Gasteiger charge is -2.32. The van der Waals surface area contributed by atoms with Crippen molar-refractivity contribution in [3.63, 3.8) is 0 Å². The van der Waals surface area contributed by atoms with E-state index >= 15 is 0 Å². The molecule has 2 aromatic carbocycles. The first-order valence-corrected chi connectivity index (χ1v) is 10.4. The predicted molar refractivity (Wildman–Crippen MR) is 103 cm³/mol. The lowest BCUT2D eigenvalue weighted by atomic mass is 9.86. The van der Waals surface area contributed by atoms with Crippen molar-refractivity contribution in [3.8, 4) is 5.75 Å². The smallest absolute Gasteiger partial charge is 0.248 e. The second-order valence-electron chi connectivity index (χ2n) is 6.75. The number of ether oxygens (including phenoxy) is 1. The Kier molecular flexibility index (Phi) is 3.99. The van der Waals surface area contributed by atoms with Gasteiger partial charge in [-0.1, -0.05) is 30.3 Å². The molecular formula is C20H20N2O4S. The highest BCUT2D eigenvalue weighted by Crippen LogP contribution is 2.41. The molecule has 0 aliphatic carbocycles. The Hall–Kier alpha value is -2.80. The molecule has 1 atom stereocenters. The van der Waals surface area contributed by atoms with Gasteiger partial charge in [0, 0.05) is 23.6 Å². The first-order valence-electron chi connectivity index (χ1n) is 8.54. The van der Waals surface area contributed by atoms with E-state index in [4.69, 9.17) is 4.74 Å². The standard InChI is InChI=1S/C20H20N2O4S/c1-21-16-7-5-4-6-15(16)19-17(21)12-22(27(3,24)25)20(23)18(19)13-8-10-14(26-2)11-9-13/h4-11,18H,12H2,1-3H3. The van der Waals surface area contributed by atoms with Crippen LogP contribution < -0.4 is 4.74 Å². The summed E-state index contributed by atoms with van der Waals surface area (Å²) in [7, 11) is -0.196. The van der Waals surface area contributed by atoms with E-state index in [1.54, 1.807) is 19.2 Å². The number of aromatic nitrogens is 1. The van der Waals surface area contributed by atoms with Crippen molar-refractivity contribution in [2.75, 3.05) is 13.4 Å². The van der Waals surface area contributed by atoms with Crippen LogP contribution >= 0.6 is 0 Å². The minimum atomic E-state index is -3.68. The summed E-state index contributed by atoms with van der Waals surface area (Å²) in [4.78, 5) is 13.2. The van der Waals surface area contributed by atoms with Gasteiger partial charge < -0.3 is 9.30 Å². The van der Waals surface area contributed by atoms with Crippen LogP contribution in [0, 0.1) is 0 Å². The maximum atomic E-state index is 13.2. The SMILES string of the molecule is COc1ccc(C2C(=O)N(S(C)(=O)=O)Cc3c2c2ccccc2n3C)cc1. The van der Waals surface area contributed by atoms with Crippen molar-refractivity contribution in [3.05, 3.63) is 65.4 Å². The van der Waals surface area contributed by atoms with Crippen LogP contribution in [0.4, 0.5) is 0 Å². The monoisotopic (exact) mass is 384 g/mol. The first-order chi connectivity index (χ1) is 12.8. The molecule has 0 saturated carbocycles. The van der Waals surface area contributed by atoms with Crippen LogP contribution in [0.3, 0.4) is 0 Å². The van der Waals surface area contributed by atoms with Crippen molar-refractivity contribution in [2.24, 2.45) is 7.05 Å². The van der Waals surface area contributed by atoms with Gasteiger partial charge in [0.2, 0.25) is 15.9 Å². The molecule has 1 unspecified atom stereocenters. The summed E-state index contributed by atoms with van der Waals surface area (Å²) in [6.45, 7) is 0.0465. The van der Waals surface area contributed by atoms with Crippen LogP contribution in [0.25, 0.3) is 10.9 Å². The van der Waals surface area contributed by atoms with Gasteiger partial charge in [0.25, 0.3) is 0 Å². The van der Waals surface area contributed by atoms with Crippen LogP contribution in [-0.4, -0.2) is 36.6 Å². The molecule has 7 heteroatoms. The number of carbonyl (C=O) groups excluding carboxylic acids is 1. The van der Waals surface area contributed by atoms with Gasteiger partial charge in [-0.05, 0) is 29.3 Å². The number of benzene rings is 2. The van der Waals surface area contributed by atoms with Gasteiger partial charge in [0.05, 0.1) is 25.8 Å². The third kappa shape index (κ3) is 2.70. The largest absolute Gasteiger partial charge is 0.497 e. The molecule has 3 aromatic rings. The number of fused-ring (bicyclic) bond motifs is 3. The van der Waals surface area contributed by atoms with Crippen LogP contribution in [0.2, 0.25) is 0 Å². The average molecular weight is 384 g/mol. The van der Waals surface area contributed by atoms with E-state index in [1.807, 2.05) is 48.0 Å². The lowest BCUT2D eigenvalue weighted by molar-refractivity contribution is -0.128. The minimum absolute atomic E-state index is 0.0465. The fourth-order valence-electron chi connectivity index (χ4n) is 3.86. The number of amides is 1. The first kappa shape index (κ1) is 17.6. The van der Waals surface area contributed by atoms with Crippen LogP contribution in [0.15, 0.2) is 48.5 Å². The number of sulfonamides is 1. The Morgan fingerprint density at radius 1 is 1.07 bits per heavy atom. The maximum absolute atomic E-state index is 13.2. The Labute approximate surface area is 158 Å². The lowest BCUT2D eigenvalue weighted by Crippen LogP contribution is -2.43. The van der Waals surface area contributed by atoms with Gasteiger partial charge in [-0.15, -0.1) is 0 Å². The summed E-state index contributed by atoms with van der Waals surface area (Å²) in [5.41, 5.74) is 3.43. The van der Waals surface area contributed by atoms with E-state index in [9.17, 15) is 13.2 Å². The van der Waals surface area contributed by atoms with Crippen LogP contribution in [-0.2, 0) is 28.4 Å². The Balaban J connectivity index is 2.01. The molecule has 0 bridgehead atoms. The zero-order chi connectivity index (χ0) is 19.3. The second kappa shape index (κ2) is 6.13. The molecule has 4 rings (SSSR count). The number of nitrogens with zero attached hydrogens (tertiary/aromatic N) is 2.